The molecule has 0 saturated carbocycles. The van der Waals surface area contributed by atoms with E-state index in [2.05, 4.69) is 20.8 Å². The van der Waals surface area contributed by atoms with E-state index < -0.39 is 0 Å². The van der Waals surface area contributed by atoms with Gasteiger partial charge in [-0.1, -0.05) is 78.6 Å². The van der Waals surface area contributed by atoms with Gasteiger partial charge in [-0.3, -0.25) is 9.59 Å². The fourth-order valence-corrected chi connectivity index (χ4v) is 3.11. The normalized spacial score (nSPS) is 10.9. The van der Waals surface area contributed by atoms with Crippen LogP contribution in [-0.2, 0) is 19.1 Å². The Balaban J connectivity index is 3.55. The highest BCUT2D eigenvalue weighted by atomic mass is 16.5. The van der Waals surface area contributed by atoms with Crippen molar-refractivity contribution in [3.63, 3.8) is 0 Å². The van der Waals surface area contributed by atoms with E-state index in [9.17, 15) is 9.59 Å². The van der Waals surface area contributed by atoms with E-state index >= 15 is 0 Å². The zero-order chi connectivity index (χ0) is 19.5. The van der Waals surface area contributed by atoms with Gasteiger partial charge in [0.05, 0.1) is 26.1 Å². The first-order valence-electron chi connectivity index (χ1n) is 10.9. The van der Waals surface area contributed by atoms with E-state index in [0.29, 0.717) is 19.1 Å². The Bertz CT molecular complexity index is 335. The van der Waals surface area contributed by atoms with Gasteiger partial charge in [0.15, 0.2) is 0 Å². The molecule has 0 radical (unpaired) electrons. The van der Waals surface area contributed by atoms with Gasteiger partial charge in [0.25, 0.3) is 0 Å². The summed E-state index contributed by atoms with van der Waals surface area (Å²) in [6, 6.07) is 0. The standard InChI is InChI=1S/C22H42O4/c1-4-7-8-9-10-11-12-13-18-25-21(23)16-17-22(24)26-19-20(14-5-2)15-6-3/h20H,4-19H2,1-3H3. The van der Waals surface area contributed by atoms with Crippen LogP contribution < -0.4 is 0 Å². The molecule has 0 amide bonds. The highest BCUT2D eigenvalue weighted by Crippen LogP contribution is 2.14. The minimum atomic E-state index is -0.288. The second kappa shape index (κ2) is 18.7. The molecular formula is C22H42O4. The molecule has 0 rings (SSSR count). The van der Waals surface area contributed by atoms with Crippen molar-refractivity contribution in [3.8, 4) is 0 Å². The molecule has 0 unspecified atom stereocenters. The Labute approximate surface area is 161 Å². The van der Waals surface area contributed by atoms with Crippen LogP contribution in [0.15, 0.2) is 0 Å². The number of carbonyl (C=O) groups is 2. The summed E-state index contributed by atoms with van der Waals surface area (Å²) in [6.45, 7) is 7.47. The summed E-state index contributed by atoms with van der Waals surface area (Å²) in [7, 11) is 0. The van der Waals surface area contributed by atoms with Crippen LogP contribution in [0.2, 0.25) is 0 Å². The van der Waals surface area contributed by atoms with Gasteiger partial charge in [-0.2, -0.15) is 0 Å². The van der Waals surface area contributed by atoms with Crippen molar-refractivity contribution in [2.45, 2.75) is 111 Å². The number of ether oxygens (including phenoxy) is 2. The average Bonchev–Trinajstić information content (AvgIpc) is 2.63. The van der Waals surface area contributed by atoms with Crippen LogP contribution in [0, 0.1) is 5.92 Å². The van der Waals surface area contributed by atoms with Gasteiger partial charge in [0.1, 0.15) is 0 Å². The lowest BCUT2D eigenvalue weighted by Crippen LogP contribution is -2.16. The van der Waals surface area contributed by atoms with Crippen LogP contribution in [0.3, 0.4) is 0 Å². The number of carbonyl (C=O) groups excluding carboxylic acids is 2. The first kappa shape index (κ1) is 24.9. The molecule has 4 nitrogen and oxygen atoms in total. The summed E-state index contributed by atoms with van der Waals surface area (Å²) in [6.07, 6.45) is 14.4. The van der Waals surface area contributed by atoms with Crippen molar-refractivity contribution in [1.29, 1.82) is 0 Å². The van der Waals surface area contributed by atoms with Gasteiger partial charge in [0, 0.05) is 0 Å². The largest absolute Gasteiger partial charge is 0.466 e. The van der Waals surface area contributed by atoms with Crippen molar-refractivity contribution in [3.05, 3.63) is 0 Å². The second-order valence-corrected chi connectivity index (χ2v) is 7.32. The predicted molar refractivity (Wildman–Crippen MR) is 107 cm³/mol. The van der Waals surface area contributed by atoms with Crippen LogP contribution in [-0.4, -0.2) is 25.2 Å². The first-order chi connectivity index (χ1) is 12.6. The van der Waals surface area contributed by atoms with Crippen LogP contribution in [0.5, 0.6) is 0 Å². The number of rotatable bonds is 18. The van der Waals surface area contributed by atoms with Crippen LogP contribution in [0.1, 0.15) is 111 Å². The third kappa shape index (κ3) is 16.4. The Hall–Kier alpha value is -1.06. The quantitative estimate of drug-likeness (QED) is 0.212. The maximum atomic E-state index is 11.8. The molecule has 0 aliphatic heterocycles. The Morgan fingerprint density at radius 3 is 1.69 bits per heavy atom. The molecule has 0 fully saturated rings. The van der Waals surface area contributed by atoms with Crippen molar-refractivity contribution in [1.82, 2.24) is 0 Å². The van der Waals surface area contributed by atoms with Gasteiger partial charge in [-0.15, -0.1) is 0 Å². The van der Waals surface area contributed by atoms with E-state index in [-0.39, 0.29) is 24.8 Å². The molecular weight excluding hydrogens is 328 g/mol. The zero-order valence-electron chi connectivity index (χ0n) is 17.5. The molecule has 0 aliphatic rings. The van der Waals surface area contributed by atoms with Crippen molar-refractivity contribution in [2.24, 2.45) is 5.92 Å². The molecule has 0 bridgehead atoms. The minimum absolute atomic E-state index is 0.126. The fourth-order valence-electron chi connectivity index (χ4n) is 3.11. The predicted octanol–water partition coefficient (Wildman–Crippen LogP) is 6.21. The van der Waals surface area contributed by atoms with Gasteiger partial charge >= 0.3 is 11.9 Å². The summed E-state index contributed by atoms with van der Waals surface area (Å²) in [5, 5.41) is 0. The van der Waals surface area contributed by atoms with Crippen molar-refractivity contribution < 1.29 is 19.1 Å². The van der Waals surface area contributed by atoms with Crippen molar-refractivity contribution >= 4 is 11.9 Å². The van der Waals surface area contributed by atoms with Crippen LogP contribution >= 0.6 is 0 Å². The number of hydrogen-bond acceptors (Lipinski definition) is 4. The molecule has 0 spiro atoms. The third-order valence-electron chi connectivity index (χ3n) is 4.67. The Morgan fingerprint density at radius 2 is 1.15 bits per heavy atom. The van der Waals surface area contributed by atoms with E-state index in [4.69, 9.17) is 9.47 Å². The number of esters is 2. The lowest BCUT2D eigenvalue weighted by Gasteiger charge is -2.15. The number of unbranched alkanes of at least 4 members (excludes halogenated alkanes) is 7. The molecule has 0 saturated heterocycles. The highest BCUT2D eigenvalue weighted by molar-refractivity contribution is 5.77. The maximum absolute atomic E-state index is 11.8. The van der Waals surface area contributed by atoms with E-state index in [1.807, 2.05) is 0 Å². The molecule has 0 N–H and O–H groups in total. The van der Waals surface area contributed by atoms with Gasteiger partial charge < -0.3 is 9.47 Å². The summed E-state index contributed by atoms with van der Waals surface area (Å²) in [5.74, 6) is -0.127. The molecule has 0 aromatic heterocycles. The van der Waals surface area contributed by atoms with Crippen LogP contribution in [0.25, 0.3) is 0 Å². The average molecular weight is 371 g/mol. The van der Waals surface area contributed by atoms with Crippen LogP contribution in [0.4, 0.5) is 0 Å². The molecule has 0 aliphatic carbocycles. The zero-order valence-corrected chi connectivity index (χ0v) is 17.5. The first-order valence-corrected chi connectivity index (χ1v) is 10.9. The monoisotopic (exact) mass is 370 g/mol. The number of hydrogen-bond donors (Lipinski definition) is 0. The lowest BCUT2D eigenvalue weighted by molar-refractivity contribution is -0.151. The maximum Gasteiger partial charge on any atom is 0.306 e. The minimum Gasteiger partial charge on any atom is -0.466 e. The van der Waals surface area contributed by atoms with Gasteiger partial charge in [-0.05, 0) is 25.2 Å². The summed E-state index contributed by atoms with van der Waals surface area (Å²) in [5.41, 5.74) is 0. The summed E-state index contributed by atoms with van der Waals surface area (Å²) >= 11 is 0. The van der Waals surface area contributed by atoms with E-state index in [1.165, 1.54) is 38.5 Å². The topological polar surface area (TPSA) is 52.6 Å². The molecule has 0 heterocycles. The van der Waals surface area contributed by atoms with E-state index in [0.717, 1.165) is 38.5 Å². The highest BCUT2D eigenvalue weighted by Gasteiger charge is 2.12. The van der Waals surface area contributed by atoms with Crippen molar-refractivity contribution in [2.75, 3.05) is 13.2 Å². The molecule has 154 valence electrons. The molecule has 0 atom stereocenters. The molecule has 4 heteroatoms. The smallest absolute Gasteiger partial charge is 0.306 e. The Morgan fingerprint density at radius 1 is 0.654 bits per heavy atom. The van der Waals surface area contributed by atoms with Gasteiger partial charge in [-0.25, -0.2) is 0 Å². The Kier molecular flexibility index (Phi) is 18.0. The third-order valence-corrected chi connectivity index (χ3v) is 4.67. The fraction of sp³-hybridized carbons (Fsp3) is 0.909. The second-order valence-electron chi connectivity index (χ2n) is 7.32. The summed E-state index contributed by atoms with van der Waals surface area (Å²) in [4.78, 5) is 23.4. The molecule has 0 aromatic rings. The van der Waals surface area contributed by atoms with E-state index in [1.54, 1.807) is 0 Å². The molecule has 0 aromatic carbocycles. The van der Waals surface area contributed by atoms with Gasteiger partial charge in [0.2, 0.25) is 0 Å². The summed E-state index contributed by atoms with van der Waals surface area (Å²) < 4.78 is 10.5. The molecule has 26 heavy (non-hydrogen) atoms. The SMILES string of the molecule is CCCCCCCCCCOC(=O)CCC(=O)OCC(CCC)CCC. The lowest BCUT2D eigenvalue weighted by atomic mass is 9.99.